The van der Waals surface area contributed by atoms with Crippen molar-refractivity contribution >= 4 is 23.4 Å². The molecule has 194 valence electrons. The third-order valence-corrected chi connectivity index (χ3v) is 7.77. The van der Waals surface area contributed by atoms with Gasteiger partial charge in [0.15, 0.2) is 5.82 Å². The van der Waals surface area contributed by atoms with Gasteiger partial charge in [-0.25, -0.2) is 9.31 Å². The van der Waals surface area contributed by atoms with E-state index >= 15 is 0 Å². The number of anilines is 1. The SMILES string of the molecule is CN(C(=O)Nc1cc(C(C)(C)C(F)(F)F)n(C)n1)C1CC2(C1)CN(C(=O)c1cnn3ccn(C)c13)C2. The third-order valence-electron chi connectivity index (χ3n) is 7.77. The van der Waals surface area contributed by atoms with Crippen LogP contribution in [0.5, 0.6) is 0 Å². The zero-order chi connectivity index (χ0) is 26.2. The van der Waals surface area contributed by atoms with Crippen LogP contribution >= 0.6 is 0 Å². The summed E-state index contributed by atoms with van der Waals surface area (Å²) in [5, 5.41) is 10.9. The van der Waals surface area contributed by atoms with Crippen LogP contribution in [-0.2, 0) is 19.5 Å². The Labute approximate surface area is 205 Å². The highest BCUT2D eigenvalue weighted by atomic mass is 19.4. The first-order chi connectivity index (χ1) is 16.7. The van der Waals surface area contributed by atoms with Crippen molar-refractivity contribution in [3.63, 3.8) is 0 Å². The fourth-order valence-corrected chi connectivity index (χ4v) is 5.37. The standard InChI is InChI=1S/C23H29F3N8O2/c1-21(2,23(24,25)26)16-8-17(29-32(16)5)28-20(36)31(4)14-9-22(10-14)12-33(13-22)19(35)15-11-27-34-7-6-30(3)18(15)34/h6-8,11,14H,9-10,12-13H2,1-5H3,(H,28,29,36). The molecule has 0 unspecified atom stereocenters. The number of aromatic nitrogens is 5. The van der Waals surface area contributed by atoms with Crippen LogP contribution in [0, 0.1) is 5.41 Å². The Balaban J connectivity index is 1.16. The first kappa shape index (κ1) is 24.2. The van der Waals surface area contributed by atoms with Crippen molar-refractivity contribution < 1.29 is 22.8 Å². The van der Waals surface area contributed by atoms with Crippen molar-refractivity contribution in [1.82, 2.24) is 33.8 Å². The van der Waals surface area contributed by atoms with Gasteiger partial charge in [-0.15, -0.1) is 0 Å². The number of carbonyl (C=O) groups excluding carboxylic acids is 2. The Kier molecular flexibility index (Phi) is 5.20. The van der Waals surface area contributed by atoms with E-state index in [9.17, 15) is 22.8 Å². The Morgan fingerprint density at radius 3 is 2.47 bits per heavy atom. The fourth-order valence-electron chi connectivity index (χ4n) is 5.37. The summed E-state index contributed by atoms with van der Waals surface area (Å²) < 4.78 is 45.0. The maximum absolute atomic E-state index is 13.4. The second-order valence-corrected chi connectivity index (χ2v) is 10.7. The van der Waals surface area contributed by atoms with E-state index < -0.39 is 17.6 Å². The highest BCUT2D eigenvalue weighted by Crippen LogP contribution is 2.50. The van der Waals surface area contributed by atoms with E-state index in [4.69, 9.17) is 0 Å². The van der Waals surface area contributed by atoms with Gasteiger partial charge in [-0.05, 0) is 26.7 Å². The molecule has 2 aliphatic rings. The summed E-state index contributed by atoms with van der Waals surface area (Å²) in [4.78, 5) is 29.1. The number of rotatable bonds is 4. The summed E-state index contributed by atoms with van der Waals surface area (Å²) in [5.74, 6) is 0.0176. The number of imidazole rings is 1. The molecule has 1 aliphatic heterocycles. The van der Waals surface area contributed by atoms with Gasteiger partial charge in [0.25, 0.3) is 5.91 Å². The molecule has 5 rings (SSSR count). The number of likely N-dealkylation sites (tertiary alicyclic amines) is 1. The van der Waals surface area contributed by atoms with E-state index in [-0.39, 0.29) is 28.9 Å². The predicted molar refractivity (Wildman–Crippen MR) is 125 cm³/mol. The molecule has 2 fully saturated rings. The summed E-state index contributed by atoms with van der Waals surface area (Å²) in [7, 11) is 4.96. The van der Waals surface area contributed by atoms with Crippen molar-refractivity contribution in [2.75, 3.05) is 25.5 Å². The summed E-state index contributed by atoms with van der Waals surface area (Å²) in [6.07, 6.45) is 2.28. The molecule has 3 aromatic heterocycles. The van der Waals surface area contributed by atoms with Crippen LogP contribution in [0.2, 0.25) is 0 Å². The Morgan fingerprint density at radius 1 is 1.17 bits per heavy atom. The van der Waals surface area contributed by atoms with Crippen molar-refractivity contribution in [3.8, 4) is 0 Å². The van der Waals surface area contributed by atoms with Gasteiger partial charge in [0.1, 0.15) is 16.6 Å². The van der Waals surface area contributed by atoms with Gasteiger partial charge in [-0.3, -0.25) is 14.8 Å². The number of urea groups is 1. The molecule has 1 aliphatic carbocycles. The van der Waals surface area contributed by atoms with Gasteiger partial charge in [-0.2, -0.15) is 23.4 Å². The van der Waals surface area contributed by atoms with Crippen LogP contribution in [0.15, 0.2) is 24.7 Å². The molecule has 13 heteroatoms. The van der Waals surface area contributed by atoms with Crippen LogP contribution in [0.4, 0.5) is 23.8 Å². The lowest BCUT2D eigenvalue weighted by atomic mass is 9.60. The second-order valence-electron chi connectivity index (χ2n) is 10.7. The minimum atomic E-state index is -4.46. The van der Waals surface area contributed by atoms with Crippen molar-refractivity contribution in [1.29, 1.82) is 0 Å². The van der Waals surface area contributed by atoms with E-state index in [0.717, 1.165) is 37.0 Å². The maximum atomic E-state index is 13.4. The number of nitrogens with one attached hydrogen (secondary N) is 1. The molecule has 0 atom stereocenters. The number of halogens is 3. The fraction of sp³-hybridized carbons (Fsp3) is 0.565. The predicted octanol–water partition coefficient (Wildman–Crippen LogP) is 3.01. The summed E-state index contributed by atoms with van der Waals surface area (Å²) in [5.41, 5.74) is -0.848. The van der Waals surface area contributed by atoms with Crippen LogP contribution < -0.4 is 5.32 Å². The average molecular weight is 507 g/mol. The van der Waals surface area contributed by atoms with Crippen molar-refractivity contribution in [2.24, 2.45) is 19.5 Å². The van der Waals surface area contributed by atoms with Crippen LogP contribution in [0.1, 0.15) is 42.7 Å². The molecular weight excluding hydrogens is 477 g/mol. The molecule has 3 amide bonds. The summed E-state index contributed by atoms with van der Waals surface area (Å²) in [6, 6.07) is 0.812. The third kappa shape index (κ3) is 3.63. The quantitative estimate of drug-likeness (QED) is 0.589. The van der Waals surface area contributed by atoms with Crippen LogP contribution in [-0.4, -0.2) is 78.1 Å². The van der Waals surface area contributed by atoms with E-state index in [1.165, 1.54) is 13.1 Å². The smallest absolute Gasteiger partial charge is 0.337 e. The van der Waals surface area contributed by atoms with Crippen LogP contribution in [0.25, 0.3) is 5.65 Å². The van der Waals surface area contributed by atoms with Crippen molar-refractivity contribution in [3.05, 3.63) is 35.9 Å². The summed E-state index contributed by atoms with van der Waals surface area (Å²) in [6.45, 7) is 3.40. The number of fused-ring (bicyclic) bond motifs is 1. The van der Waals surface area contributed by atoms with Crippen molar-refractivity contribution in [2.45, 2.75) is 44.3 Å². The Morgan fingerprint density at radius 2 is 1.83 bits per heavy atom. The zero-order valence-corrected chi connectivity index (χ0v) is 20.8. The Hall–Kier alpha value is -3.51. The molecule has 3 aromatic rings. The molecule has 1 saturated heterocycles. The van der Waals surface area contributed by atoms with Gasteiger partial charge in [0.05, 0.1) is 11.9 Å². The monoisotopic (exact) mass is 506 g/mol. The number of hydrogen-bond donors (Lipinski definition) is 1. The van der Waals surface area contributed by atoms with Gasteiger partial charge in [0, 0.05) is 64.1 Å². The molecule has 0 bridgehead atoms. The van der Waals surface area contributed by atoms with Gasteiger partial charge in [-0.1, -0.05) is 0 Å². The average Bonchev–Trinajstić information content (AvgIpc) is 3.41. The van der Waals surface area contributed by atoms with E-state index in [1.54, 1.807) is 33.8 Å². The van der Waals surface area contributed by atoms with E-state index in [2.05, 4.69) is 15.5 Å². The minimum Gasteiger partial charge on any atom is -0.337 e. The molecule has 10 nitrogen and oxygen atoms in total. The molecule has 36 heavy (non-hydrogen) atoms. The molecule has 0 radical (unpaired) electrons. The molecule has 1 N–H and O–H groups in total. The molecule has 1 spiro atoms. The number of nitrogens with zero attached hydrogens (tertiary/aromatic N) is 7. The molecule has 0 aromatic carbocycles. The second kappa shape index (κ2) is 7.74. The van der Waals surface area contributed by atoms with E-state index in [1.807, 2.05) is 17.8 Å². The first-order valence-corrected chi connectivity index (χ1v) is 11.7. The number of hydrogen-bond acceptors (Lipinski definition) is 4. The van der Waals surface area contributed by atoms with E-state index in [0.29, 0.717) is 18.7 Å². The molecular formula is C23H29F3N8O2. The number of alkyl halides is 3. The lowest BCUT2D eigenvalue weighted by Crippen LogP contribution is -2.67. The highest BCUT2D eigenvalue weighted by Gasteiger charge is 2.55. The molecule has 1 saturated carbocycles. The number of carbonyl (C=O) groups is 2. The van der Waals surface area contributed by atoms with Crippen LogP contribution in [0.3, 0.4) is 0 Å². The number of amides is 3. The Bertz CT molecular complexity index is 1340. The highest BCUT2D eigenvalue weighted by molar-refractivity contribution is 6.00. The maximum Gasteiger partial charge on any atom is 0.399 e. The lowest BCUT2D eigenvalue weighted by molar-refractivity contribution is -0.182. The summed E-state index contributed by atoms with van der Waals surface area (Å²) >= 11 is 0. The number of aryl methyl sites for hydroxylation is 2. The van der Waals surface area contributed by atoms with Gasteiger partial charge < -0.3 is 14.4 Å². The largest absolute Gasteiger partial charge is 0.399 e. The van der Waals surface area contributed by atoms with Gasteiger partial charge >= 0.3 is 12.2 Å². The molecule has 4 heterocycles. The first-order valence-electron chi connectivity index (χ1n) is 11.7. The van der Waals surface area contributed by atoms with Gasteiger partial charge in [0.2, 0.25) is 0 Å². The minimum absolute atomic E-state index is 0.00967. The zero-order valence-electron chi connectivity index (χ0n) is 20.8. The lowest BCUT2D eigenvalue weighted by Gasteiger charge is -2.60. The normalized spacial score (nSPS) is 17.8. The topological polar surface area (TPSA) is 92.7 Å².